The van der Waals surface area contributed by atoms with E-state index in [-0.39, 0.29) is 12.5 Å². The van der Waals surface area contributed by atoms with E-state index in [2.05, 4.69) is 153 Å². The molecule has 1 aliphatic heterocycles. The molecule has 1 saturated heterocycles. The maximum Gasteiger partial charge on any atom is 0.220 e. The number of aliphatic hydroxyl groups is 5. The van der Waals surface area contributed by atoms with Crippen LogP contribution < -0.4 is 5.32 Å². The van der Waals surface area contributed by atoms with E-state index < -0.39 is 49.5 Å². The quantitative estimate of drug-likeness (QED) is 0.0261. The average Bonchev–Trinajstić information content (AvgIpc) is 3.38. The fourth-order valence-electron chi connectivity index (χ4n) is 8.05. The maximum absolute atomic E-state index is 13.0. The zero-order chi connectivity index (χ0) is 52.2. The Kier molecular flexibility index (Phi) is 46.9. The van der Waals surface area contributed by atoms with Crippen LogP contribution in [0.2, 0.25) is 0 Å². The fourth-order valence-corrected chi connectivity index (χ4v) is 8.05. The third-order valence-electron chi connectivity index (χ3n) is 12.5. The zero-order valence-electron chi connectivity index (χ0n) is 45.1. The molecule has 1 amide bonds. The summed E-state index contributed by atoms with van der Waals surface area (Å²) in [5.74, 6) is -0.171. The molecule has 1 rings (SSSR count). The van der Waals surface area contributed by atoms with E-state index in [1.54, 1.807) is 0 Å². The number of rotatable bonds is 46. The van der Waals surface area contributed by atoms with Crippen LogP contribution in [0.1, 0.15) is 200 Å². The highest BCUT2D eigenvalue weighted by Crippen LogP contribution is 2.23. The third-order valence-corrected chi connectivity index (χ3v) is 12.5. The minimum atomic E-state index is -1.56. The molecular weight excluding hydrogens is 899 g/mol. The lowest BCUT2D eigenvalue weighted by molar-refractivity contribution is -0.302. The second kappa shape index (κ2) is 50.8. The van der Waals surface area contributed by atoms with Crippen molar-refractivity contribution in [2.45, 2.75) is 243 Å². The molecular formula is C63H103NO8. The molecule has 9 nitrogen and oxygen atoms in total. The Bertz CT molecular complexity index is 1580. The Morgan fingerprint density at radius 2 is 0.861 bits per heavy atom. The summed E-state index contributed by atoms with van der Waals surface area (Å²) < 4.78 is 11.2. The lowest BCUT2D eigenvalue weighted by atomic mass is 9.99. The third kappa shape index (κ3) is 39.8. The van der Waals surface area contributed by atoms with Gasteiger partial charge in [-0.1, -0.05) is 231 Å². The summed E-state index contributed by atoms with van der Waals surface area (Å²) in [6.07, 6.45) is 70.6. The molecule has 9 heteroatoms. The monoisotopic (exact) mass is 1000 g/mol. The summed E-state index contributed by atoms with van der Waals surface area (Å²) in [6, 6.07) is -0.737. The summed E-state index contributed by atoms with van der Waals surface area (Å²) in [6.45, 7) is 3.67. The zero-order valence-corrected chi connectivity index (χ0v) is 45.1. The number of carbonyl (C=O) groups excluding carboxylic acids is 1. The Balaban J connectivity index is 2.16. The van der Waals surface area contributed by atoms with Crippen LogP contribution in [0.3, 0.4) is 0 Å². The Morgan fingerprint density at radius 3 is 1.28 bits per heavy atom. The van der Waals surface area contributed by atoms with E-state index >= 15 is 0 Å². The van der Waals surface area contributed by atoms with Gasteiger partial charge in [0, 0.05) is 6.42 Å². The normalized spacial score (nSPS) is 20.2. The first-order valence-corrected chi connectivity index (χ1v) is 28.4. The lowest BCUT2D eigenvalue weighted by Gasteiger charge is -2.40. The Morgan fingerprint density at radius 1 is 0.486 bits per heavy atom. The van der Waals surface area contributed by atoms with Crippen molar-refractivity contribution in [2.75, 3.05) is 13.2 Å². The van der Waals surface area contributed by atoms with E-state index in [9.17, 15) is 30.3 Å². The van der Waals surface area contributed by atoms with Crippen LogP contribution in [0.5, 0.6) is 0 Å². The minimum Gasteiger partial charge on any atom is -0.394 e. The number of allylic oxidation sites excluding steroid dienone is 22. The van der Waals surface area contributed by atoms with Gasteiger partial charge in [-0.15, -0.1) is 0 Å². The van der Waals surface area contributed by atoms with Crippen LogP contribution >= 0.6 is 0 Å². The highest BCUT2D eigenvalue weighted by atomic mass is 16.7. The van der Waals surface area contributed by atoms with Gasteiger partial charge in [-0.3, -0.25) is 4.79 Å². The molecule has 0 aromatic rings. The number of nitrogens with one attached hydrogen (secondary N) is 1. The van der Waals surface area contributed by atoms with Gasteiger partial charge in [-0.2, -0.15) is 0 Å². The molecule has 7 atom stereocenters. The number of amides is 1. The number of hydrogen-bond acceptors (Lipinski definition) is 8. The lowest BCUT2D eigenvalue weighted by Crippen LogP contribution is -2.60. The van der Waals surface area contributed by atoms with Crippen molar-refractivity contribution in [1.29, 1.82) is 0 Å². The molecule has 0 aromatic heterocycles. The number of hydrogen-bond donors (Lipinski definition) is 6. The van der Waals surface area contributed by atoms with Crippen LogP contribution in [0.25, 0.3) is 0 Å². The van der Waals surface area contributed by atoms with E-state index in [0.717, 1.165) is 128 Å². The summed E-state index contributed by atoms with van der Waals surface area (Å²) >= 11 is 0. The van der Waals surface area contributed by atoms with Gasteiger partial charge in [0.15, 0.2) is 6.29 Å². The van der Waals surface area contributed by atoms with E-state index in [0.29, 0.717) is 12.8 Å². The van der Waals surface area contributed by atoms with E-state index in [1.165, 1.54) is 44.9 Å². The highest BCUT2D eigenvalue weighted by Gasteiger charge is 2.44. The SMILES string of the molecule is CC/C=C\C/C=C\C/C=C\C/C=C\C/C=C\C/C=C\C/C=C\C/C=C\C/C=C\C/C=C\C/C=C\CCCCCCCC(=O)NC(COC1OC(CO)C(O)C(O)C1O)C(O)CCCCCCCCCCCC. The van der Waals surface area contributed by atoms with Crippen molar-refractivity contribution < 1.29 is 39.8 Å². The molecule has 0 aliphatic carbocycles. The van der Waals surface area contributed by atoms with Crippen LogP contribution in [-0.4, -0.2) is 87.5 Å². The molecule has 0 saturated carbocycles. The van der Waals surface area contributed by atoms with Crippen molar-refractivity contribution in [3.8, 4) is 0 Å². The second-order valence-electron chi connectivity index (χ2n) is 19.0. The predicted octanol–water partition coefficient (Wildman–Crippen LogP) is 14.1. The maximum atomic E-state index is 13.0. The predicted molar refractivity (Wildman–Crippen MR) is 303 cm³/mol. The molecule has 1 heterocycles. The summed E-state index contributed by atoms with van der Waals surface area (Å²) in [5.41, 5.74) is 0. The number of ether oxygens (including phenoxy) is 2. The molecule has 0 aromatic carbocycles. The smallest absolute Gasteiger partial charge is 0.220 e. The largest absolute Gasteiger partial charge is 0.394 e. The van der Waals surface area contributed by atoms with Gasteiger partial charge in [-0.05, 0) is 96.3 Å². The molecule has 1 fully saturated rings. The van der Waals surface area contributed by atoms with Crippen LogP contribution in [0.15, 0.2) is 134 Å². The van der Waals surface area contributed by atoms with E-state index in [4.69, 9.17) is 9.47 Å². The molecule has 1 aliphatic rings. The van der Waals surface area contributed by atoms with Gasteiger partial charge < -0.3 is 40.3 Å². The van der Waals surface area contributed by atoms with Crippen LogP contribution in [-0.2, 0) is 14.3 Å². The molecule has 0 spiro atoms. The number of unbranched alkanes of at least 4 members (excludes halogenated alkanes) is 14. The van der Waals surface area contributed by atoms with Crippen molar-refractivity contribution in [1.82, 2.24) is 5.32 Å². The van der Waals surface area contributed by atoms with Crippen LogP contribution in [0.4, 0.5) is 0 Å². The van der Waals surface area contributed by atoms with Crippen molar-refractivity contribution >= 4 is 5.91 Å². The summed E-state index contributed by atoms with van der Waals surface area (Å²) in [5, 5.41) is 54.4. The van der Waals surface area contributed by atoms with Crippen molar-refractivity contribution in [3.63, 3.8) is 0 Å². The van der Waals surface area contributed by atoms with Crippen molar-refractivity contribution in [2.24, 2.45) is 0 Å². The molecule has 0 radical (unpaired) electrons. The molecule has 0 bridgehead atoms. The number of carbonyl (C=O) groups is 1. The van der Waals surface area contributed by atoms with Gasteiger partial charge in [0.25, 0.3) is 0 Å². The molecule has 72 heavy (non-hydrogen) atoms. The molecule has 7 unspecified atom stereocenters. The van der Waals surface area contributed by atoms with Gasteiger partial charge in [0.2, 0.25) is 5.91 Å². The molecule has 6 N–H and O–H groups in total. The summed E-state index contributed by atoms with van der Waals surface area (Å²) in [7, 11) is 0. The average molecular weight is 1000 g/mol. The first-order valence-electron chi connectivity index (χ1n) is 28.4. The van der Waals surface area contributed by atoms with Gasteiger partial charge >= 0.3 is 0 Å². The summed E-state index contributed by atoms with van der Waals surface area (Å²) in [4.78, 5) is 13.0. The Hall–Kier alpha value is -3.67. The fraction of sp³-hybridized carbons (Fsp3) is 0.635. The standard InChI is InChI=1S/C63H103NO8/c1-3-5-7-9-11-13-15-16-17-18-19-20-21-22-23-24-25-26-27-28-29-30-31-32-33-34-35-36-37-38-39-40-41-42-43-45-47-49-51-53-59(67)64-56(55-71-63-62(70)61(69)60(68)58(54-65)72-63)57(66)52-50-48-46-44-14-12-10-8-6-4-2/h5,7,11,13,16-17,19-20,22-23,25-26,28-29,31-32,34-35,37-38,40-41,56-58,60-63,65-66,68-70H,3-4,6,8-10,12,14-15,18,21,24,27,30,33,36,39,42-55H2,1-2H3,(H,64,67)/b7-5-,13-11-,17-16-,20-19-,23-22-,26-25-,29-28-,32-31-,35-34-,38-37-,41-40-. The Labute approximate surface area is 439 Å². The number of aliphatic hydroxyl groups excluding tert-OH is 5. The molecule has 408 valence electrons. The van der Waals surface area contributed by atoms with Gasteiger partial charge in [0.05, 0.1) is 25.4 Å². The first-order chi connectivity index (χ1) is 35.3. The minimum absolute atomic E-state index is 0.154. The van der Waals surface area contributed by atoms with Crippen LogP contribution in [0, 0.1) is 0 Å². The van der Waals surface area contributed by atoms with Gasteiger partial charge in [0.1, 0.15) is 24.4 Å². The topological polar surface area (TPSA) is 149 Å². The van der Waals surface area contributed by atoms with Crippen molar-refractivity contribution in [3.05, 3.63) is 134 Å². The van der Waals surface area contributed by atoms with Gasteiger partial charge in [-0.25, -0.2) is 0 Å². The first kappa shape index (κ1) is 66.3. The second-order valence-corrected chi connectivity index (χ2v) is 19.0. The highest BCUT2D eigenvalue weighted by molar-refractivity contribution is 5.76. The van der Waals surface area contributed by atoms with E-state index in [1.807, 2.05) is 0 Å².